The second kappa shape index (κ2) is 7.88. The smallest absolute Gasteiger partial charge is 0.224 e. The lowest BCUT2D eigenvalue weighted by atomic mass is 10.1. The summed E-state index contributed by atoms with van der Waals surface area (Å²) in [7, 11) is 3.19. The number of anilines is 1. The summed E-state index contributed by atoms with van der Waals surface area (Å²) in [4.78, 5) is 12.1. The molecule has 1 amide bonds. The van der Waals surface area contributed by atoms with Crippen molar-refractivity contribution in [2.45, 2.75) is 19.8 Å². The number of methoxy groups -OCH3 is 2. The molecule has 0 saturated carbocycles. The number of hydrogen-bond donors (Lipinski definition) is 1. The minimum atomic E-state index is -0.0368. The third-order valence-corrected chi connectivity index (χ3v) is 3.79. The summed E-state index contributed by atoms with van der Waals surface area (Å²) in [5.74, 6) is 1.31. The Balaban J connectivity index is 1.96. The first-order valence-corrected chi connectivity index (χ1v) is 7.68. The van der Waals surface area contributed by atoms with Crippen LogP contribution in [0.15, 0.2) is 36.4 Å². The average molecular weight is 334 g/mol. The maximum Gasteiger partial charge on any atom is 0.224 e. The van der Waals surface area contributed by atoms with E-state index in [1.807, 2.05) is 37.3 Å². The Morgan fingerprint density at radius 2 is 1.83 bits per heavy atom. The number of amides is 1. The van der Waals surface area contributed by atoms with E-state index in [-0.39, 0.29) is 5.91 Å². The molecule has 0 fully saturated rings. The van der Waals surface area contributed by atoms with Gasteiger partial charge in [-0.05, 0) is 54.8 Å². The first-order valence-electron chi connectivity index (χ1n) is 7.30. The van der Waals surface area contributed by atoms with Crippen LogP contribution in [0.1, 0.15) is 17.5 Å². The number of aryl methyl sites for hydroxylation is 2. The van der Waals surface area contributed by atoms with Crippen molar-refractivity contribution >= 4 is 23.2 Å². The van der Waals surface area contributed by atoms with Crippen molar-refractivity contribution in [3.05, 3.63) is 52.5 Å². The summed E-state index contributed by atoms with van der Waals surface area (Å²) in [6.45, 7) is 1.91. The van der Waals surface area contributed by atoms with Crippen molar-refractivity contribution < 1.29 is 14.3 Å². The van der Waals surface area contributed by atoms with Gasteiger partial charge in [0, 0.05) is 17.1 Å². The monoisotopic (exact) mass is 333 g/mol. The lowest BCUT2D eigenvalue weighted by Gasteiger charge is -2.11. The standard InChI is InChI=1S/C18H20ClNO3/c1-12-10-14(19)6-7-15(12)20-18(21)9-5-13-4-8-16(22-2)17(11-13)23-3/h4,6-8,10-11H,5,9H2,1-3H3,(H,20,21). The van der Waals surface area contributed by atoms with Crippen molar-refractivity contribution in [1.29, 1.82) is 0 Å². The maximum atomic E-state index is 12.1. The summed E-state index contributed by atoms with van der Waals surface area (Å²) in [6, 6.07) is 11.1. The van der Waals surface area contributed by atoms with Crippen LogP contribution in [0, 0.1) is 6.92 Å². The predicted molar refractivity (Wildman–Crippen MR) is 92.7 cm³/mol. The fourth-order valence-corrected chi connectivity index (χ4v) is 2.50. The van der Waals surface area contributed by atoms with E-state index < -0.39 is 0 Å². The molecule has 0 aliphatic rings. The van der Waals surface area contributed by atoms with Crippen LogP contribution in [-0.2, 0) is 11.2 Å². The van der Waals surface area contributed by atoms with Gasteiger partial charge in [-0.2, -0.15) is 0 Å². The molecule has 5 heteroatoms. The Labute approximate surface area is 141 Å². The summed E-state index contributed by atoms with van der Waals surface area (Å²) >= 11 is 5.91. The highest BCUT2D eigenvalue weighted by molar-refractivity contribution is 6.30. The zero-order chi connectivity index (χ0) is 16.8. The van der Waals surface area contributed by atoms with Gasteiger partial charge in [-0.3, -0.25) is 4.79 Å². The van der Waals surface area contributed by atoms with Crippen molar-refractivity contribution in [3.63, 3.8) is 0 Å². The molecule has 0 bridgehead atoms. The van der Waals surface area contributed by atoms with Crippen LogP contribution < -0.4 is 14.8 Å². The Kier molecular flexibility index (Phi) is 5.88. The van der Waals surface area contributed by atoms with E-state index in [4.69, 9.17) is 21.1 Å². The van der Waals surface area contributed by atoms with E-state index in [2.05, 4.69) is 5.32 Å². The summed E-state index contributed by atoms with van der Waals surface area (Å²) in [5, 5.41) is 3.56. The average Bonchev–Trinajstić information content (AvgIpc) is 2.55. The van der Waals surface area contributed by atoms with Gasteiger partial charge in [0.1, 0.15) is 0 Å². The molecule has 0 radical (unpaired) electrons. The minimum absolute atomic E-state index is 0.0368. The molecule has 0 aliphatic carbocycles. The number of nitrogens with one attached hydrogen (secondary N) is 1. The zero-order valence-corrected chi connectivity index (χ0v) is 14.2. The molecule has 0 atom stereocenters. The van der Waals surface area contributed by atoms with Gasteiger partial charge in [-0.25, -0.2) is 0 Å². The molecule has 1 N–H and O–H groups in total. The fourth-order valence-electron chi connectivity index (χ4n) is 2.27. The number of carbonyl (C=O) groups is 1. The fraction of sp³-hybridized carbons (Fsp3) is 0.278. The molecular formula is C18H20ClNO3. The van der Waals surface area contributed by atoms with Crippen LogP contribution in [0.25, 0.3) is 0 Å². The third kappa shape index (κ3) is 4.63. The first-order chi connectivity index (χ1) is 11.0. The van der Waals surface area contributed by atoms with Gasteiger partial charge in [-0.15, -0.1) is 0 Å². The van der Waals surface area contributed by atoms with Crippen LogP contribution in [0.3, 0.4) is 0 Å². The van der Waals surface area contributed by atoms with Crippen molar-refractivity contribution in [1.82, 2.24) is 0 Å². The van der Waals surface area contributed by atoms with Crippen LogP contribution in [0.2, 0.25) is 5.02 Å². The largest absolute Gasteiger partial charge is 0.493 e. The van der Waals surface area contributed by atoms with Gasteiger partial charge in [0.2, 0.25) is 5.91 Å². The molecule has 2 rings (SSSR count). The molecule has 4 nitrogen and oxygen atoms in total. The van der Waals surface area contributed by atoms with Crippen molar-refractivity contribution in [2.75, 3.05) is 19.5 Å². The van der Waals surface area contributed by atoms with Crippen LogP contribution >= 0.6 is 11.6 Å². The number of hydrogen-bond acceptors (Lipinski definition) is 3. The van der Waals surface area contributed by atoms with Gasteiger partial charge in [0.15, 0.2) is 11.5 Å². The molecule has 0 saturated heterocycles. The van der Waals surface area contributed by atoms with Gasteiger partial charge in [0.05, 0.1) is 14.2 Å². The van der Waals surface area contributed by atoms with Crippen LogP contribution in [0.5, 0.6) is 11.5 Å². The van der Waals surface area contributed by atoms with Crippen LogP contribution in [0.4, 0.5) is 5.69 Å². The highest BCUT2D eigenvalue weighted by Crippen LogP contribution is 2.28. The Hall–Kier alpha value is -2.20. The quantitative estimate of drug-likeness (QED) is 0.860. The summed E-state index contributed by atoms with van der Waals surface area (Å²) in [6.07, 6.45) is 1.01. The lowest BCUT2D eigenvalue weighted by Crippen LogP contribution is -2.13. The van der Waals surface area contributed by atoms with Gasteiger partial charge < -0.3 is 14.8 Å². The Bertz CT molecular complexity index is 701. The number of halogens is 1. The lowest BCUT2D eigenvalue weighted by molar-refractivity contribution is -0.116. The predicted octanol–water partition coefficient (Wildman–Crippen LogP) is 4.24. The summed E-state index contributed by atoms with van der Waals surface area (Å²) in [5.41, 5.74) is 2.74. The molecule has 2 aromatic rings. The Morgan fingerprint density at radius 3 is 2.48 bits per heavy atom. The summed E-state index contributed by atoms with van der Waals surface area (Å²) < 4.78 is 10.5. The number of rotatable bonds is 6. The number of benzene rings is 2. The Morgan fingerprint density at radius 1 is 1.09 bits per heavy atom. The van der Waals surface area contributed by atoms with Crippen LogP contribution in [-0.4, -0.2) is 20.1 Å². The third-order valence-electron chi connectivity index (χ3n) is 3.55. The maximum absolute atomic E-state index is 12.1. The molecule has 0 aliphatic heterocycles. The highest BCUT2D eigenvalue weighted by atomic mass is 35.5. The number of ether oxygens (including phenoxy) is 2. The van der Waals surface area contributed by atoms with E-state index >= 15 is 0 Å². The van der Waals surface area contributed by atoms with E-state index in [0.717, 1.165) is 16.8 Å². The van der Waals surface area contributed by atoms with E-state index in [1.54, 1.807) is 20.3 Å². The second-order valence-electron chi connectivity index (χ2n) is 5.20. The molecule has 0 aromatic heterocycles. The van der Waals surface area contributed by atoms with Gasteiger partial charge in [0.25, 0.3) is 0 Å². The highest BCUT2D eigenvalue weighted by Gasteiger charge is 2.08. The van der Waals surface area contributed by atoms with E-state index in [9.17, 15) is 4.79 Å². The number of carbonyl (C=O) groups excluding carboxylic acids is 1. The zero-order valence-electron chi connectivity index (χ0n) is 13.5. The molecular weight excluding hydrogens is 314 g/mol. The molecule has 0 heterocycles. The van der Waals surface area contributed by atoms with E-state index in [0.29, 0.717) is 29.4 Å². The molecule has 0 unspecified atom stereocenters. The normalized spacial score (nSPS) is 10.3. The molecule has 122 valence electrons. The van der Waals surface area contributed by atoms with Crippen molar-refractivity contribution in [3.8, 4) is 11.5 Å². The van der Waals surface area contributed by atoms with Crippen molar-refractivity contribution in [2.24, 2.45) is 0 Å². The minimum Gasteiger partial charge on any atom is -0.493 e. The van der Waals surface area contributed by atoms with E-state index in [1.165, 1.54) is 0 Å². The first kappa shape index (κ1) is 17.2. The molecule has 2 aromatic carbocycles. The molecule has 0 spiro atoms. The topological polar surface area (TPSA) is 47.6 Å². The van der Waals surface area contributed by atoms with Gasteiger partial charge in [-0.1, -0.05) is 17.7 Å². The van der Waals surface area contributed by atoms with Gasteiger partial charge >= 0.3 is 0 Å². The second-order valence-corrected chi connectivity index (χ2v) is 5.63. The molecule has 23 heavy (non-hydrogen) atoms. The SMILES string of the molecule is COc1ccc(CCC(=O)Nc2ccc(Cl)cc2C)cc1OC.